The molecule has 3 aromatic rings. The molecule has 2 amide bonds. The van der Waals surface area contributed by atoms with Crippen LogP contribution in [-0.4, -0.2) is 21.8 Å². The summed E-state index contributed by atoms with van der Waals surface area (Å²) >= 11 is 0. The molecule has 2 heterocycles. The maximum absolute atomic E-state index is 12.8. The molecule has 0 radical (unpaired) electrons. The number of anilines is 2. The monoisotopic (exact) mass is 334 g/mol. The van der Waals surface area contributed by atoms with Crippen LogP contribution in [0.3, 0.4) is 0 Å². The lowest BCUT2D eigenvalue weighted by molar-refractivity contribution is -0.114. The van der Waals surface area contributed by atoms with Crippen LogP contribution in [0.2, 0.25) is 0 Å². The van der Waals surface area contributed by atoms with Gasteiger partial charge in [0.25, 0.3) is 5.91 Å². The summed E-state index contributed by atoms with van der Waals surface area (Å²) in [6, 6.07) is 9.09. The Balaban J connectivity index is 2.02. The molecule has 0 aliphatic rings. The van der Waals surface area contributed by atoms with Crippen molar-refractivity contribution >= 4 is 34.2 Å². The van der Waals surface area contributed by atoms with Crippen LogP contribution in [0.1, 0.15) is 28.4 Å². The van der Waals surface area contributed by atoms with E-state index in [2.05, 4.69) is 20.6 Å². The number of hydrogen-bond donors (Lipinski definition) is 2. The van der Waals surface area contributed by atoms with Gasteiger partial charge in [0, 0.05) is 24.7 Å². The summed E-state index contributed by atoms with van der Waals surface area (Å²) in [5.74, 6) is -0.260. The molecule has 126 valence electrons. The number of nitrogens with one attached hydrogen (secondary N) is 2. The van der Waals surface area contributed by atoms with Gasteiger partial charge in [0.15, 0.2) is 5.82 Å². The van der Waals surface area contributed by atoms with Crippen LogP contribution in [0.4, 0.5) is 11.5 Å². The Bertz CT molecular complexity index is 982. The summed E-state index contributed by atoms with van der Waals surface area (Å²) in [5.41, 5.74) is 3.58. The second-order valence-electron chi connectivity index (χ2n) is 5.87. The van der Waals surface area contributed by atoms with Gasteiger partial charge in [0.2, 0.25) is 5.91 Å². The number of amides is 2. The van der Waals surface area contributed by atoms with Gasteiger partial charge in [-0.2, -0.15) is 0 Å². The van der Waals surface area contributed by atoms with Crippen molar-refractivity contribution in [2.24, 2.45) is 0 Å². The standard InChI is InChI=1S/C19H18N4O2/c1-11-9-14-12(2)6-8-20-17(14)15(10-11)19(25)23-18-16(22-13(3)24)5-4-7-21-18/h4-10H,1-3H3,(H,22,24)(H,21,23,25). The highest BCUT2D eigenvalue weighted by atomic mass is 16.2. The SMILES string of the molecule is CC(=O)Nc1cccnc1NC(=O)c1cc(C)cc2c(C)ccnc12. The minimum absolute atomic E-state index is 0.234. The number of hydrogen-bond acceptors (Lipinski definition) is 4. The Hall–Kier alpha value is -3.28. The molecule has 3 rings (SSSR count). The summed E-state index contributed by atoms with van der Waals surface area (Å²) in [6.07, 6.45) is 3.24. The molecule has 2 N–H and O–H groups in total. The van der Waals surface area contributed by atoms with Gasteiger partial charge in [-0.25, -0.2) is 4.98 Å². The van der Waals surface area contributed by atoms with Gasteiger partial charge < -0.3 is 10.6 Å². The van der Waals surface area contributed by atoms with Crippen LogP contribution >= 0.6 is 0 Å². The highest BCUT2D eigenvalue weighted by Crippen LogP contribution is 2.24. The van der Waals surface area contributed by atoms with Crippen LogP contribution in [0, 0.1) is 13.8 Å². The maximum Gasteiger partial charge on any atom is 0.259 e. The van der Waals surface area contributed by atoms with Crippen molar-refractivity contribution < 1.29 is 9.59 Å². The van der Waals surface area contributed by atoms with Crippen LogP contribution < -0.4 is 10.6 Å². The Labute approximate surface area is 145 Å². The summed E-state index contributed by atoms with van der Waals surface area (Å²) in [7, 11) is 0. The first kappa shape index (κ1) is 16.6. The largest absolute Gasteiger partial charge is 0.323 e. The van der Waals surface area contributed by atoms with E-state index in [1.807, 2.05) is 26.0 Å². The zero-order chi connectivity index (χ0) is 18.0. The summed E-state index contributed by atoms with van der Waals surface area (Å²) < 4.78 is 0. The summed E-state index contributed by atoms with van der Waals surface area (Å²) in [4.78, 5) is 32.7. The molecule has 0 spiro atoms. The highest BCUT2D eigenvalue weighted by Gasteiger charge is 2.16. The average Bonchev–Trinajstić information content (AvgIpc) is 2.56. The molecule has 25 heavy (non-hydrogen) atoms. The van der Waals surface area contributed by atoms with Gasteiger partial charge in [0.05, 0.1) is 16.8 Å². The molecule has 0 aliphatic heterocycles. The van der Waals surface area contributed by atoms with Crippen molar-refractivity contribution in [1.29, 1.82) is 0 Å². The van der Waals surface area contributed by atoms with Gasteiger partial charge in [-0.1, -0.05) is 0 Å². The average molecular weight is 334 g/mol. The van der Waals surface area contributed by atoms with Gasteiger partial charge >= 0.3 is 0 Å². The summed E-state index contributed by atoms with van der Waals surface area (Å²) in [5, 5.41) is 6.36. The van der Waals surface area contributed by atoms with Gasteiger partial charge in [0.1, 0.15) is 0 Å². The number of carbonyl (C=O) groups excluding carboxylic acids is 2. The molecule has 0 saturated carbocycles. The Morgan fingerprint density at radius 3 is 2.56 bits per heavy atom. The first-order valence-electron chi connectivity index (χ1n) is 7.85. The van der Waals surface area contributed by atoms with Gasteiger partial charge in [-0.05, 0) is 55.3 Å². The Kier molecular flexibility index (Phi) is 4.43. The van der Waals surface area contributed by atoms with Crippen LogP contribution in [0.25, 0.3) is 10.9 Å². The quantitative estimate of drug-likeness (QED) is 0.768. The molecule has 0 fully saturated rings. The fourth-order valence-corrected chi connectivity index (χ4v) is 2.68. The van der Waals surface area contributed by atoms with E-state index in [0.29, 0.717) is 22.6 Å². The molecular weight excluding hydrogens is 316 g/mol. The third-order valence-electron chi connectivity index (χ3n) is 3.80. The Morgan fingerprint density at radius 1 is 1.00 bits per heavy atom. The van der Waals surface area contributed by atoms with Crippen molar-refractivity contribution in [2.45, 2.75) is 20.8 Å². The zero-order valence-corrected chi connectivity index (χ0v) is 14.3. The minimum atomic E-state index is -0.322. The second kappa shape index (κ2) is 6.68. The van der Waals surface area contributed by atoms with E-state index in [9.17, 15) is 9.59 Å². The molecule has 0 aliphatic carbocycles. The van der Waals surface area contributed by atoms with E-state index in [-0.39, 0.29) is 11.8 Å². The van der Waals surface area contributed by atoms with E-state index >= 15 is 0 Å². The van der Waals surface area contributed by atoms with Crippen LogP contribution in [0.15, 0.2) is 42.7 Å². The normalized spacial score (nSPS) is 10.5. The zero-order valence-electron chi connectivity index (χ0n) is 14.3. The van der Waals surface area contributed by atoms with E-state index in [1.165, 1.54) is 6.92 Å². The summed E-state index contributed by atoms with van der Waals surface area (Å²) in [6.45, 7) is 5.32. The van der Waals surface area contributed by atoms with Crippen molar-refractivity contribution in [3.8, 4) is 0 Å². The third kappa shape index (κ3) is 3.47. The molecule has 6 heteroatoms. The smallest absolute Gasteiger partial charge is 0.259 e. The van der Waals surface area contributed by atoms with Gasteiger partial charge in [-0.3, -0.25) is 14.6 Å². The first-order chi connectivity index (χ1) is 12.0. The molecule has 6 nitrogen and oxygen atoms in total. The third-order valence-corrected chi connectivity index (χ3v) is 3.80. The predicted octanol–water partition coefficient (Wildman–Crippen LogP) is 3.46. The number of rotatable bonds is 3. The lowest BCUT2D eigenvalue weighted by Crippen LogP contribution is -2.17. The number of benzene rings is 1. The molecular formula is C19H18N4O2. The van der Waals surface area contributed by atoms with Crippen LogP contribution in [-0.2, 0) is 4.79 Å². The number of aromatic nitrogens is 2. The second-order valence-corrected chi connectivity index (χ2v) is 5.87. The molecule has 1 aromatic carbocycles. The number of carbonyl (C=O) groups is 2. The molecule has 0 bridgehead atoms. The van der Waals surface area contributed by atoms with Crippen LogP contribution in [0.5, 0.6) is 0 Å². The van der Waals surface area contributed by atoms with Crippen molar-refractivity contribution in [3.63, 3.8) is 0 Å². The van der Waals surface area contributed by atoms with E-state index < -0.39 is 0 Å². The fraction of sp³-hybridized carbons (Fsp3) is 0.158. The van der Waals surface area contributed by atoms with Crippen molar-refractivity contribution in [3.05, 3.63) is 59.4 Å². The van der Waals surface area contributed by atoms with Crippen molar-refractivity contribution in [1.82, 2.24) is 9.97 Å². The first-order valence-corrected chi connectivity index (χ1v) is 7.85. The molecule has 2 aromatic heterocycles. The topological polar surface area (TPSA) is 84.0 Å². The number of aryl methyl sites for hydroxylation is 2. The molecule has 0 unspecified atom stereocenters. The van der Waals surface area contributed by atoms with E-state index in [1.54, 1.807) is 30.6 Å². The number of fused-ring (bicyclic) bond motifs is 1. The number of pyridine rings is 2. The van der Waals surface area contributed by atoms with Crippen molar-refractivity contribution in [2.75, 3.05) is 10.6 Å². The lowest BCUT2D eigenvalue weighted by atomic mass is 10.0. The van der Waals surface area contributed by atoms with Gasteiger partial charge in [-0.15, -0.1) is 0 Å². The number of nitrogens with zero attached hydrogens (tertiary/aromatic N) is 2. The maximum atomic E-state index is 12.8. The highest BCUT2D eigenvalue weighted by molar-refractivity contribution is 6.13. The van der Waals surface area contributed by atoms with E-state index in [4.69, 9.17) is 0 Å². The lowest BCUT2D eigenvalue weighted by Gasteiger charge is -2.12. The predicted molar refractivity (Wildman–Crippen MR) is 97.7 cm³/mol. The molecule has 0 saturated heterocycles. The Morgan fingerprint density at radius 2 is 1.80 bits per heavy atom. The molecule has 0 atom stereocenters. The van der Waals surface area contributed by atoms with E-state index in [0.717, 1.165) is 16.5 Å². The fourth-order valence-electron chi connectivity index (χ4n) is 2.68. The minimum Gasteiger partial charge on any atom is -0.323 e.